The molecule has 3 rings (SSSR count). The second-order valence-electron chi connectivity index (χ2n) is 5.88. The first-order chi connectivity index (χ1) is 12.0. The van der Waals surface area contributed by atoms with E-state index in [4.69, 9.17) is 9.47 Å². The van der Waals surface area contributed by atoms with Gasteiger partial charge in [-0.25, -0.2) is 0 Å². The van der Waals surface area contributed by atoms with E-state index in [1.807, 2.05) is 26.8 Å². The van der Waals surface area contributed by atoms with Gasteiger partial charge in [0.2, 0.25) is 5.88 Å². The second kappa shape index (κ2) is 6.76. The molecule has 0 aliphatic rings. The van der Waals surface area contributed by atoms with E-state index in [-0.39, 0.29) is 11.8 Å². The Labute approximate surface area is 144 Å². The number of H-pyrrole nitrogens is 1. The van der Waals surface area contributed by atoms with Gasteiger partial charge in [0.1, 0.15) is 17.3 Å². The summed E-state index contributed by atoms with van der Waals surface area (Å²) in [7, 11) is 1.49. The summed E-state index contributed by atoms with van der Waals surface area (Å²) in [5.74, 6) is 2.01. The summed E-state index contributed by atoms with van der Waals surface area (Å²) in [6.07, 6.45) is -0.0616. The number of aromatic amines is 1. The van der Waals surface area contributed by atoms with Gasteiger partial charge in [-0.3, -0.25) is 5.10 Å². The summed E-state index contributed by atoms with van der Waals surface area (Å²) < 4.78 is 11.1. The van der Waals surface area contributed by atoms with E-state index >= 15 is 0 Å². The molecule has 3 aromatic rings. The molecule has 0 bridgehead atoms. The summed E-state index contributed by atoms with van der Waals surface area (Å²) in [5, 5.41) is 14.6. The molecule has 8 heteroatoms. The fourth-order valence-corrected chi connectivity index (χ4v) is 2.46. The van der Waals surface area contributed by atoms with Gasteiger partial charge in [-0.1, -0.05) is 0 Å². The lowest BCUT2D eigenvalue weighted by Crippen LogP contribution is -2.08. The molecule has 0 atom stereocenters. The Bertz CT molecular complexity index is 920. The van der Waals surface area contributed by atoms with Crippen molar-refractivity contribution in [2.24, 2.45) is 5.18 Å². The third-order valence-corrected chi connectivity index (χ3v) is 3.50. The number of anilines is 2. The highest BCUT2D eigenvalue weighted by atomic mass is 16.5. The van der Waals surface area contributed by atoms with Gasteiger partial charge in [-0.2, -0.15) is 10.1 Å². The number of ether oxygens (including phenoxy) is 2. The van der Waals surface area contributed by atoms with Crippen molar-refractivity contribution >= 4 is 28.1 Å². The van der Waals surface area contributed by atoms with E-state index in [9.17, 15) is 4.91 Å². The minimum absolute atomic E-state index is 0.0616. The van der Waals surface area contributed by atoms with Crippen molar-refractivity contribution < 1.29 is 9.47 Å². The number of nitrogens with one attached hydrogen (secondary N) is 2. The SMILES string of the molecule is COc1cc2c(OC(C)C)nc(Nc3cc(C)[nH]n3)cc2cc1N=O. The van der Waals surface area contributed by atoms with Crippen LogP contribution >= 0.6 is 0 Å². The van der Waals surface area contributed by atoms with Gasteiger partial charge >= 0.3 is 0 Å². The topological polar surface area (TPSA) is 101 Å². The number of methoxy groups -OCH3 is 1. The average Bonchev–Trinajstić information content (AvgIpc) is 2.98. The van der Waals surface area contributed by atoms with E-state index in [0.29, 0.717) is 23.3 Å². The lowest BCUT2D eigenvalue weighted by atomic mass is 10.1. The molecule has 2 aromatic heterocycles. The van der Waals surface area contributed by atoms with Crippen LogP contribution in [0.2, 0.25) is 0 Å². The zero-order chi connectivity index (χ0) is 18.0. The predicted molar refractivity (Wildman–Crippen MR) is 96.1 cm³/mol. The van der Waals surface area contributed by atoms with Crippen LogP contribution in [-0.4, -0.2) is 28.4 Å². The van der Waals surface area contributed by atoms with Crippen molar-refractivity contribution in [1.29, 1.82) is 0 Å². The Balaban J connectivity index is 2.13. The standard InChI is InChI=1S/C17H19N5O3/c1-9(2)25-17-12-8-14(24-4)13(22-23)6-11(12)7-15(19-17)18-16-5-10(3)20-21-16/h5-9H,1-4H3,(H2,18,19,20,21). The van der Waals surface area contributed by atoms with Gasteiger partial charge in [0.15, 0.2) is 5.82 Å². The van der Waals surface area contributed by atoms with Crippen molar-refractivity contribution in [1.82, 2.24) is 15.2 Å². The molecule has 0 saturated carbocycles. The van der Waals surface area contributed by atoms with Crippen molar-refractivity contribution in [3.63, 3.8) is 0 Å². The third-order valence-electron chi connectivity index (χ3n) is 3.50. The highest BCUT2D eigenvalue weighted by molar-refractivity contribution is 5.93. The largest absolute Gasteiger partial charge is 0.494 e. The van der Waals surface area contributed by atoms with Crippen LogP contribution in [0, 0.1) is 11.8 Å². The molecular formula is C17H19N5O3. The summed E-state index contributed by atoms with van der Waals surface area (Å²) in [6, 6.07) is 7.03. The number of nitrogens with zero attached hydrogens (tertiary/aromatic N) is 3. The summed E-state index contributed by atoms with van der Waals surface area (Å²) in [6.45, 7) is 5.75. The predicted octanol–water partition coefficient (Wildman–Crippen LogP) is 4.20. The van der Waals surface area contributed by atoms with E-state index in [1.54, 1.807) is 18.2 Å². The molecule has 0 aliphatic heterocycles. The molecule has 130 valence electrons. The Morgan fingerprint density at radius 3 is 2.60 bits per heavy atom. The van der Waals surface area contributed by atoms with Crippen LogP contribution in [0.15, 0.2) is 29.4 Å². The molecule has 8 nitrogen and oxygen atoms in total. The van der Waals surface area contributed by atoms with Crippen LogP contribution in [-0.2, 0) is 0 Å². The number of benzene rings is 1. The molecule has 0 aliphatic carbocycles. The molecular weight excluding hydrogens is 322 g/mol. The average molecular weight is 341 g/mol. The highest BCUT2D eigenvalue weighted by Crippen LogP contribution is 2.37. The number of nitroso groups, excluding NO2 is 1. The Morgan fingerprint density at radius 2 is 2.00 bits per heavy atom. The molecule has 2 N–H and O–H groups in total. The fraction of sp³-hybridized carbons (Fsp3) is 0.294. The van der Waals surface area contributed by atoms with Gasteiger partial charge < -0.3 is 14.8 Å². The maximum absolute atomic E-state index is 11.1. The first-order valence-electron chi connectivity index (χ1n) is 7.82. The maximum atomic E-state index is 11.1. The Kier molecular flexibility index (Phi) is 4.51. The van der Waals surface area contributed by atoms with Crippen LogP contribution < -0.4 is 14.8 Å². The van der Waals surface area contributed by atoms with Gasteiger partial charge in [0.25, 0.3) is 0 Å². The quantitative estimate of drug-likeness (QED) is 0.651. The Hall–Kier alpha value is -3.16. The van der Waals surface area contributed by atoms with E-state index < -0.39 is 0 Å². The highest BCUT2D eigenvalue weighted by Gasteiger charge is 2.14. The summed E-state index contributed by atoms with van der Waals surface area (Å²) in [5.41, 5.74) is 1.15. The first-order valence-corrected chi connectivity index (χ1v) is 7.82. The second-order valence-corrected chi connectivity index (χ2v) is 5.88. The summed E-state index contributed by atoms with van der Waals surface area (Å²) >= 11 is 0. The molecule has 0 saturated heterocycles. The number of rotatable bonds is 6. The molecule has 0 unspecified atom stereocenters. The fourth-order valence-electron chi connectivity index (χ4n) is 2.46. The van der Waals surface area contributed by atoms with Crippen LogP contribution in [0.1, 0.15) is 19.5 Å². The molecule has 0 radical (unpaired) electrons. The maximum Gasteiger partial charge on any atom is 0.223 e. The minimum atomic E-state index is -0.0616. The van der Waals surface area contributed by atoms with Gasteiger partial charge in [0.05, 0.1) is 13.2 Å². The van der Waals surface area contributed by atoms with Crippen LogP contribution in [0.25, 0.3) is 10.8 Å². The van der Waals surface area contributed by atoms with Crippen LogP contribution in [0.4, 0.5) is 17.3 Å². The number of pyridine rings is 1. The van der Waals surface area contributed by atoms with Gasteiger partial charge in [-0.05, 0) is 49.5 Å². The van der Waals surface area contributed by atoms with Crippen molar-refractivity contribution in [3.05, 3.63) is 34.9 Å². The number of hydrogen-bond acceptors (Lipinski definition) is 7. The van der Waals surface area contributed by atoms with Gasteiger partial charge in [-0.15, -0.1) is 4.91 Å². The molecule has 0 amide bonds. The van der Waals surface area contributed by atoms with Crippen molar-refractivity contribution in [2.45, 2.75) is 26.9 Å². The lowest BCUT2D eigenvalue weighted by Gasteiger charge is -2.14. The zero-order valence-corrected chi connectivity index (χ0v) is 14.5. The number of aryl methyl sites for hydroxylation is 1. The molecule has 0 spiro atoms. The van der Waals surface area contributed by atoms with Crippen LogP contribution in [0.5, 0.6) is 11.6 Å². The minimum Gasteiger partial charge on any atom is -0.494 e. The molecule has 0 fully saturated rings. The number of fused-ring (bicyclic) bond motifs is 1. The zero-order valence-electron chi connectivity index (χ0n) is 14.5. The smallest absolute Gasteiger partial charge is 0.223 e. The van der Waals surface area contributed by atoms with Crippen molar-refractivity contribution in [3.8, 4) is 11.6 Å². The number of aromatic nitrogens is 3. The molecule has 1 aromatic carbocycles. The first kappa shape index (κ1) is 16.7. The van der Waals surface area contributed by atoms with E-state index in [0.717, 1.165) is 16.5 Å². The van der Waals surface area contributed by atoms with E-state index in [2.05, 4.69) is 25.7 Å². The van der Waals surface area contributed by atoms with E-state index in [1.165, 1.54) is 7.11 Å². The summed E-state index contributed by atoms with van der Waals surface area (Å²) in [4.78, 5) is 15.6. The van der Waals surface area contributed by atoms with Crippen LogP contribution in [0.3, 0.4) is 0 Å². The normalized spacial score (nSPS) is 10.9. The molecule has 2 heterocycles. The molecule has 25 heavy (non-hydrogen) atoms. The lowest BCUT2D eigenvalue weighted by molar-refractivity contribution is 0.236. The number of hydrogen-bond donors (Lipinski definition) is 2. The van der Waals surface area contributed by atoms with Gasteiger partial charge in [0, 0.05) is 17.1 Å². The monoisotopic (exact) mass is 341 g/mol. The third kappa shape index (κ3) is 3.52. The van der Waals surface area contributed by atoms with Crippen molar-refractivity contribution in [2.75, 3.05) is 12.4 Å². The Morgan fingerprint density at radius 1 is 1.20 bits per heavy atom.